The first kappa shape index (κ1) is 18.1. The fourth-order valence-electron chi connectivity index (χ4n) is 2.54. The number of hydrogen-bond acceptors (Lipinski definition) is 6. The zero-order valence-electron chi connectivity index (χ0n) is 13.4. The summed E-state index contributed by atoms with van der Waals surface area (Å²) in [4.78, 5) is 58.3. The predicted octanol–water partition coefficient (Wildman–Crippen LogP) is 0.187. The molecule has 0 aromatic heterocycles. The van der Waals surface area contributed by atoms with E-state index in [1.54, 1.807) is 6.92 Å². The second-order valence-electron chi connectivity index (χ2n) is 5.41. The smallest absolute Gasteiger partial charge is 0.341 e. The molecule has 1 aromatic rings. The highest BCUT2D eigenvalue weighted by Gasteiger charge is 2.40. The normalized spacial score (nSPS) is 14.0. The summed E-state index contributed by atoms with van der Waals surface area (Å²) in [7, 11) is 0. The molecule has 4 amide bonds. The van der Waals surface area contributed by atoms with E-state index in [1.807, 2.05) is 5.32 Å². The van der Waals surface area contributed by atoms with Crippen LogP contribution in [0.5, 0.6) is 5.75 Å². The predicted molar refractivity (Wildman–Crippen MR) is 83.0 cm³/mol. The molecular formula is C16H16N2O7. The van der Waals surface area contributed by atoms with E-state index in [9.17, 15) is 24.0 Å². The average molecular weight is 348 g/mol. The molecule has 25 heavy (non-hydrogen) atoms. The van der Waals surface area contributed by atoms with Gasteiger partial charge in [0.25, 0.3) is 11.8 Å². The molecule has 1 aliphatic rings. The molecule has 2 rings (SSSR count). The number of amides is 4. The third-order valence-electron chi connectivity index (χ3n) is 3.71. The Hall–Kier alpha value is -3.23. The largest absolute Gasteiger partial charge is 0.481 e. The summed E-state index contributed by atoms with van der Waals surface area (Å²) in [5.74, 6) is -2.84. The lowest BCUT2D eigenvalue weighted by atomic mass is 10.1. The molecule has 2 N–H and O–H groups in total. The first-order valence-electron chi connectivity index (χ1n) is 7.45. The Morgan fingerprint density at radius 3 is 2.68 bits per heavy atom. The number of benzene rings is 1. The van der Waals surface area contributed by atoms with E-state index >= 15 is 0 Å². The summed E-state index contributed by atoms with van der Waals surface area (Å²) in [5, 5.41) is 10.7. The highest BCUT2D eigenvalue weighted by atomic mass is 16.5. The first-order chi connectivity index (χ1) is 11.9. The number of carboxylic acid groups (broad SMARTS) is 1. The summed E-state index contributed by atoms with van der Waals surface area (Å²) in [6.07, 6.45) is 0.410. The van der Waals surface area contributed by atoms with Crippen LogP contribution in [0, 0.1) is 0 Å². The van der Waals surface area contributed by atoms with Gasteiger partial charge in [-0.25, -0.2) is 4.79 Å². The Kier molecular flexibility index (Phi) is 5.48. The molecule has 1 heterocycles. The monoisotopic (exact) mass is 348 g/mol. The fraction of sp³-hybridized carbons (Fsp3) is 0.312. The number of carbonyl (C=O) groups excluding carboxylic acids is 4. The molecule has 0 fully saturated rings. The molecule has 1 aromatic carbocycles. The second-order valence-corrected chi connectivity index (χ2v) is 5.41. The maximum Gasteiger partial charge on any atom is 0.341 e. The number of aliphatic carboxylic acids is 1. The minimum atomic E-state index is -1.21. The van der Waals surface area contributed by atoms with Crippen molar-refractivity contribution in [2.24, 2.45) is 0 Å². The number of nitrogens with one attached hydrogen (secondary N) is 1. The molecule has 9 nitrogen and oxygen atoms in total. The van der Waals surface area contributed by atoms with Crippen LogP contribution in [0.4, 0.5) is 0 Å². The van der Waals surface area contributed by atoms with E-state index in [-0.39, 0.29) is 36.1 Å². The van der Waals surface area contributed by atoms with Gasteiger partial charge in [0.1, 0.15) is 5.75 Å². The van der Waals surface area contributed by atoms with Gasteiger partial charge in [0.2, 0.25) is 12.3 Å². The Labute approximate surface area is 142 Å². The Morgan fingerprint density at radius 2 is 2.04 bits per heavy atom. The van der Waals surface area contributed by atoms with E-state index in [0.29, 0.717) is 0 Å². The molecule has 1 atom stereocenters. The van der Waals surface area contributed by atoms with Gasteiger partial charge >= 0.3 is 5.97 Å². The molecule has 1 unspecified atom stereocenters. The summed E-state index contributed by atoms with van der Waals surface area (Å²) in [6.45, 7) is 0.965. The van der Waals surface area contributed by atoms with Gasteiger partial charge in [-0.15, -0.1) is 0 Å². The molecule has 0 bridgehead atoms. The molecular weight excluding hydrogens is 332 g/mol. The lowest BCUT2D eigenvalue weighted by molar-refractivity contribution is -0.139. The Balaban J connectivity index is 2.18. The molecule has 0 saturated heterocycles. The minimum Gasteiger partial charge on any atom is -0.481 e. The van der Waals surface area contributed by atoms with E-state index in [0.717, 1.165) is 4.90 Å². The number of nitrogens with zero attached hydrogens (tertiary/aromatic N) is 1. The van der Waals surface area contributed by atoms with Crippen LogP contribution < -0.4 is 10.1 Å². The van der Waals surface area contributed by atoms with Crippen molar-refractivity contribution in [2.45, 2.75) is 25.8 Å². The third-order valence-corrected chi connectivity index (χ3v) is 3.71. The van der Waals surface area contributed by atoms with Crippen LogP contribution >= 0.6 is 0 Å². The van der Waals surface area contributed by atoms with Crippen LogP contribution in [-0.2, 0) is 14.4 Å². The standard InChI is InChI=1S/C16H16N2O7/c1-9(5-6-12(20)17-8-19)18-15(23)10-3-2-4-11(14(10)16(18)24)25-7-13(21)22/h2-4,8-9H,5-7H2,1H3,(H,21,22)(H,17,19,20). The van der Waals surface area contributed by atoms with Crippen LogP contribution in [0.15, 0.2) is 18.2 Å². The van der Waals surface area contributed by atoms with E-state index < -0.39 is 36.3 Å². The highest BCUT2D eigenvalue weighted by Crippen LogP contribution is 2.32. The Morgan fingerprint density at radius 1 is 1.32 bits per heavy atom. The van der Waals surface area contributed by atoms with Gasteiger partial charge in [0, 0.05) is 12.5 Å². The molecule has 0 aliphatic carbocycles. The van der Waals surface area contributed by atoms with Gasteiger partial charge in [0.05, 0.1) is 11.1 Å². The molecule has 1 aliphatic heterocycles. The van der Waals surface area contributed by atoms with Crippen molar-refractivity contribution < 1.29 is 33.8 Å². The van der Waals surface area contributed by atoms with Crippen molar-refractivity contribution in [1.82, 2.24) is 10.2 Å². The SMILES string of the molecule is CC(CCC(=O)NC=O)N1C(=O)c2cccc(OCC(=O)O)c2C1=O. The van der Waals surface area contributed by atoms with Crippen LogP contribution in [0.25, 0.3) is 0 Å². The summed E-state index contributed by atoms with van der Waals surface area (Å²) in [6, 6.07) is 3.78. The molecule has 0 spiro atoms. The van der Waals surface area contributed by atoms with Crippen LogP contribution in [-0.4, -0.2) is 52.8 Å². The van der Waals surface area contributed by atoms with Gasteiger partial charge < -0.3 is 9.84 Å². The zero-order valence-corrected chi connectivity index (χ0v) is 13.4. The van der Waals surface area contributed by atoms with Crippen molar-refractivity contribution in [1.29, 1.82) is 0 Å². The van der Waals surface area contributed by atoms with Crippen LogP contribution in [0.3, 0.4) is 0 Å². The first-order valence-corrected chi connectivity index (χ1v) is 7.45. The summed E-state index contributed by atoms with van der Waals surface area (Å²) >= 11 is 0. The van der Waals surface area contributed by atoms with Gasteiger partial charge in [-0.3, -0.25) is 29.4 Å². The van der Waals surface area contributed by atoms with Crippen molar-refractivity contribution in [2.75, 3.05) is 6.61 Å². The number of hydrogen-bond donors (Lipinski definition) is 2. The highest BCUT2D eigenvalue weighted by molar-refractivity contribution is 6.22. The maximum absolute atomic E-state index is 12.6. The van der Waals surface area contributed by atoms with Crippen molar-refractivity contribution >= 4 is 30.1 Å². The average Bonchev–Trinajstić information content (AvgIpc) is 2.83. The second kappa shape index (κ2) is 7.56. The van der Waals surface area contributed by atoms with E-state index in [2.05, 4.69) is 0 Å². The maximum atomic E-state index is 12.6. The number of carboxylic acids is 1. The Bertz CT molecular complexity index is 744. The number of rotatable bonds is 8. The van der Waals surface area contributed by atoms with Crippen molar-refractivity contribution in [3.05, 3.63) is 29.3 Å². The van der Waals surface area contributed by atoms with Gasteiger partial charge in [0.15, 0.2) is 6.61 Å². The lowest BCUT2D eigenvalue weighted by Crippen LogP contribution is -2.38. The van der Waals surface area contributed by atoms with Gasteiger partial charge in [-0.05, 0) is 25.5 Å². The number of imide groups is 2. The van der Waals surface area contributed by atoms with E-state index in [4.69, 9.17) is 9.84 Å². The minimum absolute atomic E-state index is 0.0120. The molecule has 0 saturated carbocycles. The van der Waals surface area contributed by atoms with Crippen LogP contribution in [0.1, 0.15) is 40.5 Å². The van der Waals surface area contributed by atoms with Crippen molar-refractivity contribution in [3.63, 3.8) is 0 Å². The summed E-state index contributed by atoms with van der Waals surface area (Å²) < 4.78 is 5.09. The molecule has 0 radical (unpaired) electrons. The van der Waals surface area contributed by atoms with Gasteiger partial charge in [-0.2, -0.15) is 0 Å². The van der Waals surface area contributed by atoms with E-state index in [1.165, 1.54) is 18.2 Å². The molecule has 9 heteroatoms. The molecule has 132 valence electrons. The number of carbonyl (C=O) groups is 5. The zero-order chi connectivity index (χ0) is 18.6. The topological polar surface area (TPSA) is 130 Å². The fourth-order valence-corrected chi connectivity index (χ4v) is 2.54. The summed E-state index contributed by atoms with van der Waals surface area (Å²) in [5.41, 5.74) is 0.134. The number of ether oxygens (including phenoxy) is 1. The van der Waals surface area contributed by atoms with Crippen LogP contribution in [0.2, 0.25) is 0 Å². The quantitative estimate of drug-likeness (QED) is 0.506. The number of fused-ring (bicyclic) bond motifs is 1. The lowest BCUT2D eigenvalue weighted by Gasteiger charge is -2.22. The van der Waals surface area contributed by atoms with Gasteiger partial charge in [-0.1, -0.05) is 6.07 Å². The third kappa shape index (κ3) is 3.82. The van der Waals surface area contributed by atoms with Crippen molar-refractivity contribution in [3.8, 4) is 5.75 Å².